The van der Waals surface area contributed by atoms with Crippen LogP contribution in [0.2, 0.25) is 0 Å². The minimum absolute atomic E-state index is 0.0436. The van der Waals surface area contributed by atoms with Crippen LogP contribution in [0.4, 0.5) is 0 Å². The minimum atomic E-state index is -3.89. The zero-order valence-electron chi connectivity index (χ0n) is 11.1. The fourth-order valence-corrected chi connectivity index (χ4v) is 2.17. The highest BCUT2D eigenvalue weighted by Gasteiger charge is 2.17. The number of rotatable bonds is 4. The van der Waals surface area contributed by atoms with Crippen molar-refractivity contribution in [2.75, 3.05) is 5.75 Å². The van der Waals surface area contributed by atoms with E-state index in [0.29, 0.717) is 5.39 Å². The first-order valence-corrected chi connectivity index (χ1v) is 7.64. The first-order chi connectivity index (χ1) is 9.82. The molecule has 0 bridgehead atoms. The molecule has 0 atom stereocenters. The molecule has 0 fully saturated rings. The molecule has 0 amide bonds. The van der Waals surface area contributed by atoms with Crippen molar-refractivity contribution in [2.45, 2.75) is 6.92 Å². The summed E-state index contributed by atoms with van der Waals surface area (Å²) in [6, 6.07) is 8.88. The van der Waals surface area contributed by atoms with Crippen molar-refractivity contribution >= 4 is 32.8 Å². The van der Waals surface area contributed by atoms with E-state index in [2.05, 4.69) is 4.18 Å². The van der Waals surface area contributed by atoms with E-state index in [9.17, 15) is 18.0 Å². The predicted octanol–water partition coefficient (Wildman–Crippen LogP) is 2.04. The van der Waals surface area contributed by atoms with Crippen LogP contribution in [0.25, 0.3) is 10.8 Å². The summed E-state index contributed by atoms with van der Waals surface area (Å²) in [4.78, 5) is 22.7. The van der Waals surface area contributed by atoms with E-state index in [1.807, 2.05) is 0 Å². The molecule has 1 N–H and O–H groups in total. The summed E-state index contributed by atoms with van der Waals surface area (Å²) < 4.78 is 27.0. The van der Waals surface area contributed by atoms with Crippen molar-refractivity contribution < 1.29 is 27.3 Å². The molecule has 0 aliphatic heterocycles. The van der Waals surface area contributed by atoms with Crippen LogP contribution in [0.1, 0.15) is 27.6 Å². The van der Waals surface area contributed by atoms with Gasteiger partial charge in [0.15, 0.2) is 0 Å². The molecule has 2 aromatic carbocycles. The second-order valence-corrected chi connectivity index (χ2v) is 6.16. The normalized spacial score (nSPS) is 11.3. The van der Waals surface area contributed by atoms with Gasteiger partial charge in [-0.25, -0.2) is 9.59 Å². The van der Waals surface area contributed by atoms with Gasteiger partial charge in [-0.05, 0) is 42.0 Å². The average Bonchev–Trinajstić information content (AvgIpc) is 2.45. The van der Waals surface area contributed by atoms with Gasteiger partial charge in [-0.2, -0.15) is 8.42 Å². The third kappa shape index (κ3) is 3.38. The lowest BCUT2D eigenvalue weighted by molar-refractivity contribution is 0.0695. The molecule has 21 heavy (non-hydrogen) atoms. The molecule has 0 saturated heterocycles. The third-order valence-electron chi connectivity index (χ3n) is 2.88. The summed E-state index contributed by atoms with van der Waals surface area (Å²) in [6.45, 7) is 1.36. The molecule has 0 aromatic heterocycles. The quantitative estimate of drug-likeness (QED) is 0.868. The third-order valence-corrected chi connectivity index (χ3v) is 3.99. The number of carbonyl (C=O) groups is 2. The Morgan fingerprint density at radius 2 is 1.62 bits per heavy atom. The number of hydrogen-bond donors (Lipinski definition) is 1. The Balaban J connectivity index is 2.42. The summed E-state index contributed by atoms with van der Waals surface area (Å²) in [5.74, 6) is -2.38. The fraction of sp³-hybridized carbons (Fsp3) is 0.143. The van der Waals surface area contributed by atoms with Crippen molar-refractivity contribution in [3.63, 3.8) is 0 Å². The number of carboxylic acids is 1. The molecule has 0 saturated carbocycles. The van der Waals surface area contributed by atoms with Crippen molar-refractivity contribution in [1.29, 1.82) is 0 Å². The maximum absolute atomic E-state index is 11.8. The average molecular weight is 308 g/mol. The van der Waals surface area contributed by atoms with E-state index in [-0.39, 0.29) is 16.9 Å². The van der Waals surface area contributed by atoms with Gasteiger partial charge < -0.3 is 9.29 Å². The highest BCUT2D eigenvalue weighted by Crippen LogP contribution is 2.19. The van der Waals surface area contributed by atoms with E-state index in [0.717, 1.165) is 5.39 Å². The van der Waals surface area contributed by atoms with Gasteiger partial charge in [-0.3, -0.25) is 0 Å². The molecule has 6 nitrogen and oxygen atoms in total. The van der Waals surface area contributed by atoms with Gasteiger partial charge in [-0.1, -0.05) is 12.1 Å². The summed E-state index contributed by atoms with van der Waals surface area (Å²) in [5, 5.41) is 10.2. The van der Waals surface area contributed by atoms with Crippen molar-refractivity contribution in [3.05, 3.63) is 47.5 Å². The molecule has 110 valence electrons. The zero-order valence-corrected chi connectivity index (χ0v) is 11.9. The smallest absolute Gasteiger partial charge is 0.353 e. The van der Waals surface area contributed by atoms with Gasteiger partial charge in [0.2, 0.25) is 0 Å². The maximum atomic E-state index is 11.8. The lowest BCUT2D eigenvalue weighted by atomic mass is 10.0. The van der Waals surface area contributed by atoms with Crippen LogP contribution < -0.4 is 0 Å². The van der Waals surface area contributed by atoms with Gasteiger partial charge in [0.05, 0.1) is 16.9 Å². The zero-order chi connectivity index (χ0) is 15.6. The van der Waals surface area contributed by atoms with Gasteiger partial charge >= 0.3 is 22.1 Å². The highest BCUT2D eigenvalue weighted by atomic mass is 32.2. The Morgan fingerprint density at radius 3 is 2.19 bits per heavy atom. The predicted molar refractivity (Wildman–Crippen MR) is 75.8 cm³/mol. The molecule has 0 spiro atoms. The van der Waals surface area contributed by atoms with Crippen LogP contribution in [0.3, 0.4) is 0 Å². The van der Waals surface area contributed by atoms with E-state index < -0.39 is 22.1 Å². The Hall–Kier alpha value is -2.41. The number of fused-ring (bicyclic) bond motifs is 1. The van der Waals surface area contributed by atoms with Crippen molar-refractivity contribution in [2.24, 2.45) is 0 Å². The number of hydrogen-bond acceptors (Lipinski definition) is 5. The summed E-state index contributed by atoms with van der Waals surface area (Å²) in [6.07, 6.45) is 0. The molecule has 2 rings (SSSR count). The van der Waals surface area contributed by atoms with Crippen LogP contribution >= 0.6 is 0 Å². The molecular formula is C14H12O6S. The maximum Gasteiger partial charge on any atom is 0.353 e. The molecule has 7 heteroatoms. The SMILES string of the molecule is CCS(=O)(=O)OC(=O)c1ccc2ccc(C(=O)O)cc2c1. The number of aromatic carboxylic acids is 1. The van der Waals surface area contributed by atoms with Crippen LogP contribution in [0.5, 0.6) is 0 Å². The van der Waals surface area contributed by atoms with E-state index >= 15 is 0 Å². The summed E-state index contributed by atoms with van der Waals surface area (Å²) in [7, 11) is -3.89. The molecular weight excluding hydrogens is 296 g/mol. The minimum Gasteiger partial charge on any atom is -0.478 e. The van der Waals surface area contributed by atoms with E-state index in [1.54, 1.807) is 12.1 Å². The Morgan fingerprint density at radius 1 is 1.05 bits per heavy atom. The van der Waals surface area contributed by atoms with Crippen LogP contribution in [0, 0.1) is 0 Å². The Labute approximate surface area is 121 Å². The highest BCUT2D eigenvalue weighted by molar-refractivity contribution is 7.87. The van der Waals surface area contributed by atoms with Crippen LogP contribution in [-0.4, -0.2) is 31.2 Å². The van der Waals surface area contributed by atoms with Gasteiger partial charge in [0.1, 0.15) is 0 Å². The van der Waals surface area contributed by atoms with E-state index in [4.69, 9.17) is 5.11 Å². The van der Waals surface area contributed by atoms with E-state index in [1.165, 1.54) is 31.2 Å². The van der Waals surface area contributed by atoms with Gasteiger partial charge in [0.25, 0.3) is 0 Å². The second kappa shape index (κ2) is 5.53. The summed E-state index contributed by atoms with van der Waals surface area (Å²) >= 11 is 0. The first-order valence-electron chi connectivity index (χ1n) is 6.06. The Kier molecular flexibility index (Phi) is 3.95. The van der Waals surface area contributed by atoms with Gasteiger partial charge in [0, 0.05) is 0 Å². The number of carboxylic acid groups (broad SMARTS) is 1. The number of carbonyl (C=O) groups excluding carboxylic acids is 1. The molecule has 0 aliphatic carbocycles. The molecule has 0 radical (unpaired) electrons. The van der Waals surface area contributed by atoms with Crippen LogP contribution in [0.15, 0.2) is 36.4 Å². The molecule has 0 heterocycles. The lowest BCUT2D eigenvalue weighted by Crippen LogP contribution is -2.14. The lowest BCUT2D eigenvalue weighted by Gasteiger charge is -2.05. The van der Waals surface area contributed by atoms with Crippen molar-refractivity contribution in [1.82, 2.24) is 0 Å². The monoisotopic (exact) mass is 308 g/mol. The number of benzene rings is 2. The summed E-state index contributed by atoms with van der Waals surface area (Å²) in [5.41, 5.74) is 0.122. The Bertz CT molecular complexity index is 822. The van der Waals surface area contributed by atoms with Crippen LogP contribution in [-0.2, 0) is 14.3 Å². The molecule has 2 aromatic rings. The first kappa shape index (κ1) is 15.0. The standard InChI is InChI=1S/C14H12O6S/c1-2-21(18,19)20-14(17)11-6-4-9-3-5-10(13(15)16)7-12(9)8-11/h3-8H,2H2,1H3,(H,15,16). The second-order valence-electron chi connectivity index (χ2n) is 4.30. The fourth-order valence-electron chi connectivity index (χ4n) is 1.73. The van der Waals surface area contributed by atoms with Gasteiger partial charge in [-0.15, -0.1) is 0 Å². The molecule has 0 aliphatic rings. The molecule has 0 unspecified atom stereocenters. The topological polar surface area (TPSA) is 97.7 Å². The van der Waals surface area contributed by atoms with Crippen molar-refractivity contribution in [3.8, 4) is 0 Å². The largest absolute Gasteiger partial charge is 0.478 e.